The Labute approximate surface area is 107 Å². The number of nitrogens with one attached hydrogen (secondary N) is 1. The van der Waals surface area contributed by atoms with Gasteiger partial charge in [0.1, 0.15) is 5.76 Å². The largest absolute Gasteiger partial charge is 0.361 e. The van der Waals surface area contributed by atoms with E-state index in [9.17, 15) is 4.79 Å². The maximum Gasteiger partial charge on any atom is 0.276 e. The first kappa shape index (κ1) is 11.7. The Morgan fingerprint density at radius 2 is 2.22 bits per heavy atom. The molecule has 2 saturated heterocycles. The van der Waals surface area contributed by atoms with Gasteiger partial charge in [0.25, 0.3) is 5.91 Å². The minimum absolute atomic E-state index is 0.0134. The van der Waals surface area contributed by atoms with Crippen molar-refractivity contribution >= 4 is 5.91 Å². The van der Waals surface area contributed by atoms with E-state index in [-0.39, 0.29) is 5.91 Å². The summed E-state index contributed by atoms with van der Waals surface area (Å²) in [6.45, 7) is 3.68. The summed E-state index contributed by atoms with van der Waals surface area (Å²) in [5.74, 6) is 0.818. The number of piperazine rings is 1. The number of aromatic nitrogens is 1. The smallest absolute Gasteiger partial charge is 0.276 e. The Balaban J connectivity index is 1.69. The van der Waals surface area contributed by atoms with Crippen LogP contribution in [0.1, 0.15) is 42.4 Å². The van der Waals surface area contributed by atoms with Crippen LogP contribution in [-0.2, 0) is 6.42 Å². The quantitative estimate of drug-likeness (QED) is 0.874. The van der Waals surface area contributed by atoms with Crippen molar-refractivity contribution in [1.29, 1.82) is 0 Å². The van der Waals surface area contributed by atoms with Crippen LogP contribution in [0.3, 0.4) is 0 Å². The number of hydrogen-bond acceptors (Lipinski definition) is 4. The Bertz CT molecular complexity index is 431. The maximum absolute atomic E-state index is 12.3. The average Bonchev–Trinajstić information content (AvgIpc) is 2.96. The number of amides is 1. The van der Waals surface area contributed by atoms with Gasteiger partial charge in [-0.1, -0.05) is 12.1 Å². The van der Waals surface area contributed by atoms with Crippen molar-refractivity contribution in [3.05, 3.63) is 17.5 Å². The van der Waals surface area contributed by atoms with Gasteiger partial charge in [0, 0.05) is 37.7 Å². The highest BCUT2D eigenvalue weighted by molar-refractivity contribution is 5.92. The Kier molecular flexibility index (Phi) is 3.07. The molecule has 5 nitrogen and oxygen atoms in total. The van der Waals surface area contributed by atoms with Crippen LogP contribution in [0.2, 0.25) is 0 Å². The molecule has 0 spiro atoms. The van der Waals surface area contributed by atoms with Crippen molar-refractivity contribution in [3.63, 3.8) is 0 Å². The summed E-state index contributed by atoms with van der Waals surface area (Å²) in [5, 5.41) is 7.41. The lowest BCUT2D eigenvalue weighted by Gasteiger charge is -2.32. The highest BCUT2D eigenvalue weighted by Crippen LogP contribution is 2.21. The molecule has 0 saturated carbocycles. The van der Waals surface area contributed by atoms with Crippen LogP contribution in [0.15, 0.2) is 10.6 Å². The average molecular weight is 249 g/mol. The standard InChI is InChI=1S/C13H19N3O2/c1-2-3-11-6-12(15-18-11)13(17)16-7-9-4-5-10(8-16)14-9/h6,9-10,14H,2-5,7-8H2,1H3. The van der Waals surface area contributed by atoms with E-state index in [0.717, 1.165) is 31.7 Å². The SMILES string of the molecule is CCCc1cc(C(=O)N2CC3CCC(C2)N3)no1. The van der Waals surface area contributed by atoms with Gasteiger partial charge in [0.05, 0.1) is 0 Å². The predicted molar refractivity (Wildman–Crippen MR) is 66.3 cm³/mol. The molecule has 98 valence electrons. The van der Waals surface area contributed by atoms with Crippen LogP contribution in [0.25, 0.3) is 0 Å². The lowest BCUT2D eigenvalue weighted by atomic mass is 10.2. The fraction of sp³-hybridized carbons (Fsp3) is 0.692. The monoisotopic (exact) mass is 249 g/mol. The van der Waals surface area contributed by atoms with E-state index >= 15 is 0 Å². The first-order valence-electron chi connectivity index (χ1n) is 6.77. The molecular weight excluding hydrogens is 230 g/mol. The zero-order valence-corrected chi connectivity index (χ0v) is 10.7. The first-order chi connectivity index (χ1) is 8.76. The van der Waals surface area contributed by atoms with E-state index in [0.29, 0.717) is 17.8 Å². The lowest BCUT2D eigenvalue weighted by Crippen LogP contribution is -2.53. The summed E-state index contributed by atoms with van der Waals surface area (Å²) in [6, 6.07) is 2.72. The van der Waals surface area contributed by atoms with Crippen molar-refractivity contribution in [2.24, 2.45) is 0 Å². The molecule has 18 heavy (non-hydrogen) atoms. The number of hydrogen-bond donors (Lipinski definition) is 1. The summed E-state index contributed by atoms with van der Waals surface area (Å²) in [5.41, 5.74) is 0.458. The van der Waals surface area contributed by atoms with Gasteiger partial charge >= 0.3 is 0 Å². The minimum atomic E-state index is 0.0134. The number of carbonyl (C=O) groups is 1. The van der Waals surface area contributed by atoms with Crippen LogP contribution in [-0.4, -0.2) is 41.1 Å². The normalized spacial score (nSPS) is 26.6. The third-order valence-corrected chi connectivity index (χ3v) is 3.78. The molecule has 2 aliphatic heterocycles. The summed E-state index contributed by atoms with van der Waals surface area (Å²) in [6.07, 6.45) is 4.19. The molecule has 2 bridgehead atoms. The summed E-state index contributed by atoms with van der Waals surface area (Å²) in [7, 11) is 0. The molecule has 1 aromatic heterocycles. The molecule has 2 atom stereocenters. The van der Waals surface area contributed by atoms with Crippen molar-refractivity contribution in [1.82, 2.24) is 15.4 Å². The van der Waals surface area contributed by atoms with Crippen LogP contribution in [0.4, 0.5) is 0 Å². The number of likely N-dealkylation sites (tertiary alicyclic amines) is 1. The van der Waals surface area contributed by atoms with Crippen LogP contribution in [0.5, 0.6) is 0 Å². The minimum Gasteiger partial charge on any atom is -0.361 e. The van der Waals surface area contributed by atoms with Gasteiger partial charge in [-0.25, -0.2) is 0 Å². The molecule has 0 radical (unpaired) electrons. The highest BCUT2D eigenvalue weighted by Gasteiger charge is 2.35. The molecule has 3 rings (SSSR count). The zero-order chi connectivity index (χ0) is 12.5. The molecule has 1 N–H and O–H groups in total. The molecule has 0 aromatic carbocycles. The van der Waals surface area contributed by atoms with Crippen LogP contribution in [0, 0.1) is 0 Å². The van der Waals surface area contributed by atoms with Crippen molar-refractivity contribution < 1.29 is 9.32 Å². The predicted octanol–water partition coefficient (Wildman–Crippen LogP) is 1.20. The number of rotatable bonds is 3. The van der Waals surface area contributed by atoms with E-state index in [1.165, 1.54) is 12.8 Å². The molecule has 5 heteroatoms. The van der Waals surface area contributed by atoms with Crippen LogP contribution >= 0.6 is 0 Å². The van der Waals surface area contributed by atoms with Gasteiger partial charge in [-0.3, -0.25) is 4.79 Å². The zero-order valence-electron chi connectivity index (χ0n) is 10.7. The second-order valence-corrected chi connectivity index (χ2v) is 5.28. The van der Waals surface area contributed by atoms with Gasteiger partial charge in [0.2, 0.25) is 0 Å². The van der Waals surface area contributed by atoms with Gasteiger partial charge in [-0.05, 0) is 19.3 Å². The van der Waals surface area contributed by atoms with Crippen LogP contribution < -0.4 is 5.32 Å². The fourth-order valence-corrected chi connectivity index (χ4v) is 2.90. The Hall–Kier alpha value is -1.36. The third-order valence-electron chi connectivity index (χ3n) is 3.78. The second kappa shape index (κ2) is 4.72. The molecule has 2 aliphatic rings. The molecule has 2 fully saturated rings. The first-order valence-corrected chi connectivity index (χ1v) is 6.77. The Morgan fingerprint density at radius 3 is 2.89 bits per heavy atom. The third kappa shape index (κ3) is 2.14. The number of carbonyl (C=O) groups excluding carboxylic acids is 1. The van der Waals surface area contributed by atoms with E-state index in [2.05, 4.69) is 17.4 Å². The van der Waals surface area contributed by atoms with E-state index < -0.39 is 0 Å². The van der Waals surface area contributed by atoms with Gasteiger partial charge in [-0.2, -0.15) is 0 Å². The van der Waals surface area contributed by atoms with Gasteiger partial charge < -0.3 is 14.7 Å². The number of nitrogens with zero attached hydrogens (tertiary/aromatic N) is 2. The molecule has 3 heterocycles. The van der Waals surface area contributed by atoms with E-state index in [1.807, 2.05) is 4.90 Å². The molecule has 2 unspecified atom stereocenters. The summed E-state index contributed by atoms with van der Waals surface area (Å²) in [4.78, 5) is 14.2. The van der Waals surface area contributed by atoms with Gasteiger partial charge in [-0.15, -0.1) is 0 Å². The molecule has 0 aliphatic carbocycles. The summed E-state index contributed by atoms with van der Waals surface area (Å²) >= 11 is 0. The van der Waals surface area contributed by atoms with E-state index in [1.54, 1.807) is 6.07 Å². The highest BCUT2D eigenvalue weighted by atomic mass is 16.5. The second-order valence-electron chi connectivity index (χ2n) is 5.28. The van der Waals surface area contributed by atoms with Crippen molar-refractivity contribution in [2.75, 3.05) is 13.1 Å². The number of aryl methyl sites for hydroxylation is 1. The lowest BCUT2D eigenvalue weighted by molar-refractivity contribution is 0.0687. The maximum atomic E-state index is 12.3. The molecular formula is C13H19N3O2. The van der Waals surface area contributed by atoms with Crippen molar-refractivity contribution in [3.8, 4) is 0 Å². The number of fused-ring (bicyclic) bond motifs is 2. The van der Waals surface area contributed by atoms with E-state index in [4.69, 9.17) is 4.52 Å². The molecule has 1 aromatic rings. The summed E-state index contributed by atoms with van der Waals surface area (Å²) < 4.78 is 5.17. The fourth-order valence-electron chi connectivity index (χ4n) is 2.90. The van der Waals surface area contributed by atoms with Gasteiger partial charge in [0.15, 0.2) is 5.69 Å². The molecule has 1 amide bonds. The topological polar surface area (TPSA) is 58.4 Å². The van der Waals surface area contributed by atoms with Crippen molar-refractivity contribution in [2.45, 2.75) is 44.7 Å². The Morgan fingerprint density at radius 1 is 1.50 bits per heavy atom.